The third-order valence-corrected chi connectivity index (χ3v) is 18.7. The van der Waals surface area contributed by atoms with E-state index in [0.717, 1.165) is 23.6 Å². The Morgan fingerprint density at radius 3 is 1.46 bits per heavy atom. The highest BCUT2D eigenvalue weighted by molar-refractivity contribution is 6.00. The maximum Gasteiger partial charge on any atom is 0.326 e. The lowest BCUT2D eigenvalue weighted by atomic mass is 9.92. The fraction of sp³-hybridized carbons (Fsp3) is 0.427. The number of carbonyl (C=O) groups excluding carboxylic acids is 11. The summed E-state index contributed by atoms with van der Waals surface area (Å²) in [6, 6.07) is 25.7. The number of hydrogen-bond acceptors (Lipinski definition) is 15. The molecule has 1 saturated heterocycles. The predicted molar refractivity (Wildman–Crippen MR) is 376 cm³/mol. The molecule has 548 valence electrons. The van der Waals surface area contributed by atoms with Gasteiger partial charge in [0.05, 0.1) is 25.1 Å². The van der Waals surface area contributed by atoms with Crippen LogP contribution in [0, 0.1) is 11.8 Å². The standard InChI is InChI=1S/C75H92N12O16/c1-42(2)62(82-68(95)55(38-61(90)91)80-72(99)64(45(6)88)84-69(96)57-31-20-32-85(57)74(101)63(43(3)4)83-66(93)53(76)33-46-21-10-7-11-22-46)71(98)77-39-60(89)86-40-51-29-18-16-27-49(51)36-58(86)70(97)79-54(34-47-23-12-8-13-24-47)67(94)78-44(5)65(92)81-56(35-48-25-14-9-15-26-48)73(100)87-41-52-30-19-17-28-50(52)37-59(87)75(102)103/h7-19,21-30,42-45,53-59,62-64,88H,20,31-41,76H2,1-6H3,(H,77,98)(H,78,94)(H,79,97)(H,80,99)(H,81,92)(H,82,95)(H,83,93)(H,84,96)(H,90,91)(H,102,103)/t44-,45+,53-,54-,55-,56-,57-,58?,59?,62-,63-,64-/m0/s1. The van der Waals surface area contributed by atoms with Crippen molar-refractivity contribution in [3.63, 3.8) is 0 Å². The molecule has 3 aliphatic heterocycles. The topological polar surface area (TPSA) is 415 Å². The lowest BCUT2D eigenvalue weighted by Gasteiger charge is -2.37. The Morgan fingerprint density at radius 1 is 0.447 bits per heavy atom. The van der Waals surface area contributed by atoms with Crippen LogP contribution in [0.15, 0.2) is 140 Å². The minimum absolute atomic E-state index is 0.0249. The molecule has 0 radical (unpaired) electrons. The lowest BCUT2D eigenvalue weighted by Crippen LogP contribution is -2.62. The average Bonchev–Trinajstić information content (AvgIpc) is 1.26. The summed E-state index contributed by atoms with van der Waals surface area (Å²) in [5.74, 6) is -13.1. The average molecular weight is 1420 g/mol. The minimum Gasteiger partial charge on any atom is -0.481 e. The van der Waals surface area contributed by atoms with Gasteiger partial charge in [0, 0.05) is 45.3 Å². The number of carbonyl (C=O) groups is 13. The van der Waals surface area contributed by atoms with Crippen molar-refractivity contribution in [1.82, 2.24) is 57.2 Å². The van der Waals surface area contributed by atoms with Gasteiger partial charge < -0.3 is 78.3 Å². The van der Waals surface area contributed by atoms with E-state index in [0.29, 0.717) is 28.7 Å². The smallest absolute Gasteiger partial charge is 0.326 e. The van der Waals surface area contributed by atoms with Crippen molar-refractivity contribution in [3.05, 3.63) is 178 Å². The van der Waals surface area contributed by atoms with E-state index in [1.807, 2.05) is 18.2 Å². The first-order chi connectivity index (χ1) is 49.1. The molecule has 103 heavy (non-hydrogen) atoms. The number of fused-ring (bicyclic) bond motifs is 2. The number of nitrogens with zero attached hydrogens (tertiary/aromatic N) is 3. The number of nitrogens with two attached hydrogens (primary N) is 1. The Kier molecular flexibility index (Phi) is 27.3. The summed E-state index contributed by atoms with van der Waals surface area (Å²) in [6.07, 6.45) is -2.13. The summed E-state index contributed by atoms with van der Waals surface area (Å²) in [5, 5.41) is 51.9. The summed E-state index contributed by atoms with van der Waals surface area (Å²) in [4.78, 5) is 185. The molecule has 13 N–H and O–H groups in total. The lowest BCUT2D eigenvalue weighted by molar-refractivity contribution is -0.152. The van der Waals surface area contributed by atoms with Gasteiger partial charge in [-0.15, -0.1) is 0 Å². The van der Waals surface area contributed by atoms with Gasteiger partial charge in [-0.05, 0) is 83.9 Å². The summed E-state index contributed by atoms with van der Waals surface area (Å²) in [7, 11) is 0. The van der Waals surface area contributed by atoms with Crippen molar-refractivity contribution in [2.45, 2.75) is 179 Å². The molecule has 2 unspecified atom stereocenters. The molecule has 28 nitrogen and oxygen atoms in total. The first-order valence-corrected chi connectivity index (χ1v) is 34.5. The van der Waals surface area contributed by atoms with Gasteiger partial charge in [-0.1, -0.05) is 167 Å². The van der Waals surface area contributed by atoms with Crippen molar-refractivity contribution in [2.24, 2.45) is 17.6 Å². The number of aliphatic hydroxyl groups is 1. The maximum absolute atomic E-state index is 14.9. The fourth-order valence-electron chi connectivity index (χ4n) is 12.9. The molecule has 0 saturated carbocycles. The number of hydrogen-bond donors (Lipinski definition) is 12. The molecular formula is C75H92N12O16. The Hall–Kier alpha value is -10.9. The number of carboxylic acids is 2. The minimum atomic E-state index is -1.92. The SMILES string of the molecule is CC(C)[C@H](NC(=O)[C@H](CC(=O)O)NC(=O)[C@@H](NC(=O)[C@@H]1CCCN1C(=O)[C@@H](NC(=O)[C@@H](N)Cc1ccccc1)C(C)C)[C@@H](C)O)C(=O)NCC(=O)N1Cc2ccccc2CC1C(=O)N[C@@H](Cc1ccccc1)C(=O)N[C@@H](C)C(=O)N[C@@H](Cc1ccccc1)C(=O)N1Cc2ccccc2CC1C(=O)O. The van der Waals surface area contributed by atoms with Crippen LogP contribution in [0.25, 0.3) is 0 Å². The third kappa shape index (κ3) is 20.9. The molecule has 28 heteroatoms. The van der Waals surface area contributed by atoms with Crippen molar-refractivity contribution in [1.29, 1.82) is 0 Å². The summed E-state index contributed by atoms with van der Waals surface area (Å²) in [6.45, 7) is 8.25. The van der Waals surface area contributed by atoms with Gasteiger partial charge in [0.25, 0.3) is 0 Å². The van der Waals surface area contributed by atoms with Crippen molar-refractivity contribution in [3.8, 4) is 0 Å². The Balaban J connectivity index is 0.915. The summed E-state index contributed by atoms with van der Waals surface area (Å²) >= 11 is 0. The number of benzene rings is 5. The molecule has 0 aromatic heterocycles. The molecule has 12 atom stereocenters. The van der Waals surface area contributed by atoms with Gasteiger partial charge in [-0.25, -0.2) is 4.79 Å². The van der Waals surface area contributed by atoms with E-state index in [4.69, 9.17) is 5.73 Å². The normalized spacial score (nSPS) is 18.1. The quantitative estimate of drug-likeness (QED) is 0.0291. The van der Waals surface area contributed by atoms with Crippen molar-refractivity contribution >= 4 is 76.9 Å². The summed E-state index contributed by atoms with van der Waals surface area (Å²) in [5.41, 5.74) is 11.2. The first-order valence-electron chi connectivity index (χ1n) is 34.5. The Morgan fingerprint density at radius 2 is 0.922 bits per heavy atom. The second-order valence-corrected chi connectivity index (χ2v) is 27.1. The van der Waals surface area contributed by atoms with Crippen LogP contribution in [0.5, 0.6) is 0 Å². The van der Waals surface area contributed by atoms with E-state index in [-0.39, 0.29) is 58.2 Å². The Labute approximate surface area is 597 Å². The molecular weight excluding hydrogens is 1320 g/mol. The van der Waals surface area contributed by atoms with E-state index in [2.05, 4.69) is 42.5 Å². The molecule has 11 amide bonds. The molecule has 5 aromatic rings. The van der Waals surface area contributed by atoms with Gasteiger partial charge in [-0.3, -0.25) is 57.5 Å². The van der Waals surface area contributed by atoms with Crippen LogP contribution in [0.3, 0.4) is 0 Å². The monoisotopic (exact) mass is 1420 g/mol. The largest absolute Gasteiger partial charge is 0.481 e. The third-order valence-electron chi connectivity index (χ3n) is 18.7. The second-order valence-electron chi connectivity index (χ2n) is 27.1. The van der Waals surface area contributed by atoms with Crippen LogP contribution in [-0.2, 0) is 108 Å². The van der Waals surface area contributed by atoms with Gasteiger partial charge in [0.1, 0.15) is 60.4 Å². The zero-order valence-corrected chi connectivity index (χ0v) is 58.4. The van der Waals surface area contributed by atoms with Crippen LogP contribution in [-0.4, -0.2) is 193 Å². The number of amides is 11. The molecule has 0 spiro atoms. The van der Waals surface area contributed by atoms with E-state index in [9.17, 15) is 77.6 Å². The van der Waals surface area contributed by atoms with Gasteiger partial charge >= 0.3 is 11.9 Å². The zero-order chi connectivity index (χ0) is 74.8. The highest BCUT2D eigenvalue weighted by atomic mass is 16.4. The van der Waals surface area contributed by atoms with E-state index >= 15 is 0 Å². The maximum atomic E-state index is 14.9. The number of likely N-dealkylation sites (tertiary alicyclic amines) is 1. The Bertz CT molecular complexity index is 3900. The molecule has 1 fully saturated rings. The van der Waals surface area contributed by atoms with Gasteiger partial charge in [0.2, 0.25) is 65.0 Å². The second kappa shape index (κ2) is 36.1. The predicted octanol–water partition coefficient (Wildman–Crippen LogP) is 0.722. The van der Waals surface area contributed by atoms with Crippen molar-refractivity contribution in [2.75, 3.05) is 13.1 Å². The number of rotatable bonds is 31. The number of aliphatic carboxylic acids is 2. The van der Waals surface area contributed by atoms with Crippen LogP contribution in [0.1, 0.15) is 99.7 Å². The molecule has 8 rings (SSSR count). The van der Waals surface area contributed by atoms with E-state index in [1.54, 1.807) is 149 Å². The van der Waals surface area contributed by atoms with E-state index < -0.39 is 174 Å². The molecule has 0 aliphatic carbocycles. The van der Waals surface area contributed by atoms with Crippen LogP contribution < -0.4 is 48.3 Å². The molecule has 5 aromatic carbocycles. The number of carboxylic acid groups (broad SMARTS) is 2. The summed E-state index contributed by atoms with van der Waals surface area (Å²) < 4.78 is 0. The van der Waals surface area contributed by atoms with Crippen LogP contribution in [0.2, 0.25) is 0 Å². The van der Waals surface area contributed by atoms with Gasteiger partial charge in [-0.2, -0.15) is 0 Å². The number of aliphatic hydroxyl groups excluding tert-OH is 1. The van der Waals surface area contributed by atoms with Crippen LogP contribution in [0.4, 0.5) is 0 Å². The molecule has 3 aliphatic rings. The number of nitrogens with one attached hydrogen (secondary N) is 8. The first kappa shape index (κ1) is 77.9. The fourth-order valence-corrected chi connectivity index (χ4v) is 12.9. The van der Waals surface area contributed by atoms with Crippen molar-refractivity contribution < 1.29 is 77.6 Å². The van der Waals surface area contributed by atoms with E-state index in [1.165, 1.54) is 21.6 Å². The molecule has 0 bridgehead atoms. The zero-order valence-electron chi connectivity index (χ0n) is 58.4. The highest BCUT2D eigenvalue weighted by Gasteiger charge is 2.44. The van der Waals surface area contributed by atoms with Gasteiger partial charge in [0.15, 0.2) is 0 Å². The van der Waals surface area contributed by atoms with Crippen LogP contribution >= 0.6 is 0 Å². The highest BCUT2D eigenvalue weighted by Crippen LogP contribution is 2.28. The molecule has 3 heterocycles.